The van der Waals surface area contributed by atoms with Crippen molar-refractivity contribution in [2.45, 2.75) is 30.0 Å². The van der Waals surface area contributed by atoms with Gasteiger partial charge in [0.25, 0.3) is 5.91 Å². The van der Waals surface area contributed by atoms with Gasteiger partial charge in [-0.3, -0.25) is 4.79 Å². The van der Waals surface area contributed by atoms with Crippen molar-refractivity contribution >= 4 is 15.9 Å². The number of rotatable bonds is 5. The fourth-order valence-electron chi connectivity index (χ4n) is 3.43. The second kappa shape index (κ2) is 8.99. The van der Waals surface area contributed by atoms with Gasteiger partial charge in [-0.15, -0.1) is 0 Å². The SMILES string of the molecule is O=C(c1ccc(S(=O)(=O)N2CCOCC2)cc1)N(CC(F)(F)F)C1CCOCC1. The Morgan fingerprint density at radius 2 is 1.59 bits per heavy atom. The maximum atomic E-state index is 13.0. The number of carbonyl (C=O) groups excluding carboxylic acids is 1. The van der Waals surface area contributed by atoms with Gasteiger partial charge in [-0.2, -0.15) is 17.5 Å². The van der Waals surface area contributed by atoms with Gasteiger partial charge in [0, 0.05) is 37.9 Å². The molecule has 0 bridgehead atoms. The number of nitrogens with zero attached hydrogens (tertiary/aromatic N) is 2. The van der Waals surface area contributed by atoms with Crippen molar-refractivity contribution in [2.24, 2.45) is 0 Å². The van der Waals surface area contributed by atoms with Gasteiger partial charge >= 0.3 is 6.18 Å². The van der Waals surface area contributed by atoms with Gasteiger partial charge in [-0.1, -0.05) is 0 Å². The molecule has 7 nitrogen and oxygen atoms in total. The number of morpholine rings is 1. The zero-order chi connectivity index (χ0) is 21.1. The summed E-state index contributed by atoms with van der Waals surface area (Å²) in [6.45, 7) is 0.287. The monoisotopic (exact) mass is 436 g/mol. The number of carbonyl (C=O) groups is 1. The van der Waals surface area contributed by atoms with Crippen LogP contribution in [0.3, 0.4) is 0 Å². The van der Waals surface area contributed by atoms with Crippen LogP contribution >= 0.6 is 0 Å². The molecule has 2 aliphatic rings. The standard InChI is InChI=1S/C18H23F3N2O5S/c19-18(20,21)13-23(15-5-9-27-10-6-15)17(24)14-1-3-16(4-2-14)29(25,26)22-7-11-28-12-8-22/h1-4,15H,5-13H2. The van der Waals surface area contributed by atoms with Crippen molar-refractivity contribution in [2.75, 3.05) is 46.1 Å². The number of sulfonamides is 1. The summed E-state index contributed by atoms with van der Waals surface area (Å²) >= 11 is 0. The van der Waals surface area contributed by atoms with Crippen LogP contribution in [0.15, 0.2) is 29.2 Å². The van der Waals surface area contributed by atoms with Crippen molar-refractivity contribution in [3.05, 3.63) is 29.8 Å². The van der Waals surface area contributed by atoms with Gasteiger partial charge < -0.3 is 14.4 Å². The molecule has 0 spiro atoms. The molecule has 2 aliphatic heterocycles. The van der Waals surface area contributed by atoms with E-state index in [4.69, 9.17) is 9.47 Å². The van der Waals surface area contributed by atoms with Crippen LogP contribution in [0.25, 0.3) is 0 Å². The molecule has 0 atom stereocenters. The molecule has 29 heavy (non-hydrogen) atoms. The summed E-state index contributed by atoms with van der Waals surface area (Å²) in [5.74, 6) is -0.774. The van der Waals surface area contributed by atoms with Crippen LogP contribution in [0.4, 0.5) is 13.2 Å². The molecular formula is C18H23F3N2O5S. The second-order valence-corrected chi connectivity index (χ2v) is 8.87. The Bertz CT molecular complexity index is 802. The van der Waals surface area contributed by atoms with Crippen molar-refractivity contribution in [1.29, 1.82) is 0 Å². The maximum absolute atomic E-state index is 13.0. The Kier molecular flexibility index (Phi) is 6.82. The molecule has 0 unspecified atom stereocenters. The Hall–Kier alpha value is -1.69. The van der Waals surface area contributed by atoms with Gasteiger partial charge in [0.15, 0.2) is 0 Å². The van der Waals surface area contributed by atoms with E-state index in [1.807, 2.05) is 0 Å². The lowest BCUT2D eigenvalue weighted by molar-refractivity contribution is -0.147. The quantitative estimate of drug-likeness (QED) is 0.705. The van der Waals surface area contributed by atoms with E-state index in [2.05, 4.69) is 0 Å². The van der Waals surface area contributed by atoms with Gasteiger partial charge in [0.2, 0.25) is 10.0 Å². The number of amides is 1. The van der Waals surface area contributed by atoms with Crippen LogP contribution in [0.1, 0.15) is 23.2 Å². The molecule has 2 saturated heterocycles. The number of halogens is 3. The molecule has 0 radical (unpaired) electrons. The van der Waals surface area contributed by atoms with Crippen LogP contribution in [0.2, 0.25) is 0 Å². The molecule has 1 amide bonds. The highest BCUT2D eigenvalue weighted by molar-refractivity contribution is 7.89. The molecule has 162 valence electrons. The predicted molar refractivity (Wildman–Crippen MR) is 97.0 cm³/mol. The third-order valence-corrected chi connectivity index (χ3v) is 6.86. The Balaban J connectivity index is 1.79. The first kappa shape index (κ1) is 22.0. The zero-order valence-electron chi connectivity index (χ0n) is 15.7. The van der Waals surface area contributed by atoms with E-state index in [0.29, 0.717) is 39.3 Å². The molecule has 1 aromatic carbocycles. The van der Waals surface area contributed by atoms with E-state index in [0.717, 1.165) is 4.90 Å². The predicted octanol–water partition coefficient (Wildman–Crippen LogP) is 1.89. The summed E-state index contributed by atoms with van der Waals surface area (Å²) in [6, 6.07) is 4.47. The Morgan fingerprint density at radius 1 is 1.03 bits per heavy atom. The average molecular weight is 436 g/mol. The van der Waals surface area contributed by atoms with Crippen LogP contribution in [0, 0.1) is 0 Å². The molecule has 0 aromatic heterocycles. The summed E-state index contributed by atoms with van der Waals surface area (Å²) in [4.78, 5) is 13.6. The van der Waals surface area contributed by atoms with E-state index in [-0.39, 0.29) is 23.5 Å². The molecule has 2 heterocycles. The first-order chi connectivity index (χ1) is 13.7. The van der Waals surface area contributed by atoms with Gasteiger partial charge in [0.05, 0.1) is 18.1 Å². The Labute approximate surface area is 167 Å². The first-order valence-electron chi connectivity index (χ1n) is 9.32. The highest BCUT2D eigenvalue weighted by Gasteiger charge is 2.37. The maximum Gasteiger partial charge on any atom is 0.406 e. The first-order valence-corrected chi connectivity index (χ1v) is 10.8. The topological polar surface area (TPSA) is 76.2 Å². The fourth-order valence-corrected chi connectivity index (χ4v) is 4.84. The number of ether oxygens (including phenoxy) is 2. The summed E-state index contributed by atoms with van der Waals surface area (Å²) < 4.78 is 76.0. The van der Waals surface area contributed by atoms with E-state index < -0.39 is 34.7 Å². The molecule has 2 fully saturated rings. The minimum Gasteiger partial charge on any atom is -0.381 e. The summed E-state index contributed by atoms with van der Waals surface area (Å²) in [7, 11) is -3.74. The molecule has 3 rings (SSSR count). The van der Waals surface area contributed by atoms with Gasteiger partial charge in [-0.25, -0.2) is 8.42 Å². The highest BCUT2D eigenvalue weighted by atomic mass is 32.2. The second-order valence-electron chi connectivity index (χ2n) is 6.93. The molecule has 1 aromatic rings. The van der Waals surface area contributed by atoms with Crippen LogP contribution in [0.5, 0.6) is 0 Å². The lowest BCUT2D eigenvalue weighted by Crippen LogP contribution is -2.47. The molecule has 0 aliphatic carbocycles. The summed E-state index contributed by atoms with van der Waals surface area (Å²) in [6.07, 6.45) is -3.88. The zero-order valence-corrected chi connectivity index (χ0v) is 16.5. The van der Waals surface area contributed by atoms with E-state index in [1.165, 1.54) is 28.6 Å². The van der Waals surface area contributed by atoms with E-state index in [9.17, 15) is 26.4 Å². The fraction of sp³-hybridized carbons (Fsp3) is 0.611. The number of hydrogen-bond donors (Lipinski definition) is 0. The summed E-state index contributed by atoms with van der Waals surface area (Å²) in [5.41, 5.74) is 0.0154. The van der Waals surface area contributed by atoms with E-state index in [1.54, 1.807) is 0 Å². The normalized spacial score (nSPS) is 19.8. The number of hydrogen-bond acceptors (Lipinski definition) is 5. The van der Waals surface area contributed by atoms with Crippen molar-refractivity contribution < 1.29 is 35.9 Å². The molecule has 0 saturated carbocycles. The Morgan fingerprint density at radius 3 is 2.14 bits per heavy atom. The third kappa shape index (κ3) is 5.47. The van der Waals surface area contributed by atoms with Crippen molar-refractivity contribution in [3.8, 4) is 0 Å². The lowest BCUT2D eigenvalue weighted by Gasteiger charge is -2.35. The number of benzene rings is 1. The summed E-state index contributed by atoms with van der Waals surface area (Å²) in [5, 5.41) is 0. The third-order valence-electron chi connectivity index (χ3n) is 4.95. The highest BCUT2D eigenvalue weighted by Crippen LogP contribution is 2.25. The van der Waals surface area contributed by atoms with Gasteiger partial charge in [-0.05, 0) is 37.1 Å². The minimum absolute atomic E-state index is 0.00983. The average Bonchev–Trinajstić information content (AvgIpc) is 2.72. The van der Waals surface area contributed by atoms with E-state index >= 15 is 0 Å². The minimum atomic E-state index is -4.53. The molecule has 11 heteroatoms. The smallest absolute Gasteiger partial charge is 0.381 e. The van der Waals surface area contributed by atoms with Crippen molar-refractivity contribution in [1.82, 2.24) is 9.21 Å². The van der Waals surface area contributed by atoms with Crippen LogP contribution < -0.4 is 0 Å². The molecular weight excluding hydrogens is 413 g/mol. The largest absolute Gasteiger partial charge is 0.406 e. The van der Waals surface area contributed by atoms with Crippen LogP contribution in [-0.4, -0.2) is 81.8 Å². The number of alkyl halides is 3. The lowest BCUT2D eigenvalue weighted by atomic mass is 10.1. The van der Waals surface area contributed by atoms with Gasteiger partial charge in [0.1, 0.15) is 6.54 Å². The molecule has 0 N–H and O–H groups in total. The van der Waals surface area contributed by atoms with Crippen LogP contribution in [-0.2, 0) is 19.5 Å². The van der Waals surface area contributed by atoms with Crippen molar-refractivity contribution in [3.63, 3.8) is 0 Å².